The lowest BCUT2D eigenvalue weighted by Crippen LogP contribution is -2.25. The SMILES string of the molecule is Cc1c(C(=O)NCCCOCCc2ccccc2)cnn1-c1cccc(C(F)(F)F)c1. The Morgan fingerprint density at radius 1 is 1.10 bits per heavy atom. The van der Waals surface area contributed by atoms with E-state index in [9.17, 15) is 18.0 Å². The van der Waals surface area contributed by atoms with E-state index in [0.29, 0.717) is 37.4 Å². The normalized spacial score (nSPS) is 11.5. The lowest BCUT2D eigenvalue weighted by molar-refractivity contribution is -0.137. The molecule has 0 aliphatic carbocycles. The summed E-state index contributed by atoms with van der Waals surface area (Å²) in [4.78, 5) is 12.4. The Kier molecular flexibility index (Phi) is 7.46. The van der Waals surface area contributed by atoms with E-state index in [0.717, 1.165) is 18.6 Å². The van der Waals surface area contributed by atoms with Gasteiger partial charge in [0.05, 0.1) is 35.3 Å². The van der Waals surface area contributed by atoms with Gasteiger partial charge in [-0.3, -0.25) is 4.79 Å². The number of alkyl halides is 3. The van der Waals surface area contributed by atoms with Crippen LogP contribution < -0.4 is 5.32 Å². The maximum atomic E-state index is 13.0. The molecular weight excluding hydrogens is 407 g/mol. The van der Waals surface area contributed by atoms with Crippen molar-refractivity contribution in [1.29, 1.82) is 0 Å². The Morgan fingerprint density at radius 2 is 1.87 bits per heavy atom. The number of nitrogens with one attached hydrogen (secondary N) is 1. The van der Waals surface area contributed by atoms with E-state index in [1.165, 1.54) is 28.6 Å². The van der Waals surface area contributed by atoms with E-state index in [4.69, 9.17) is 4.74 Å². The van der Waals surface area contributed by atoms with Crippen molar-refractivity contribution in [2.24, 2.45) is 0 Å². The molecule has 0 saturated carbocycles. The predicted molar refractivity (Wildman–Crippen MR) is 111 cm³/mol. The highest BCUT2D eigenvalue weighted by Gasteiger charge is 2.30. The van der Waals surface area contributed by atoms with E-state index in [2.05, 4.69) is 10.4 Å². The molecule has 1 N–H and O–H groups in total. The molecule has 3 aromatic rings. The third-order valence-corrected chi connectivity index (χ3v) is 4.80. The average molecular weight is 431 g/mol. The largest absolute Gasteiger partial charge is 0.416 e. The summed E-state index contributed by atoms with van der Waals surface area (Å²) in [6, 6.07) is 14.9. The second-order valence-electron chi connectivity index (χ2n) is 7.06. The molecule has 8 heteroatoms. The third kappa shape index (κ3) is 6.18. The minimum Gasteiger partial charge on any atom is -0.381 e. The first-order valence-corrected chi connectivity index (χ1v) is 9.98. The quantitative estimate of drug-likeness (QED) is 0.505. The number of carbonyl (C=O) groups is 1. The first-order valence-electron chi connectivity index (χ1n) is 9.98. The Bertz CT molecular complexity index is 1000. The van der Waals surface area contributed by atoms with Gasteiger partial charge in [0.25, 0.3) is 5.91 Å². The van der Waals surface area contributed by atoms with Crippen molar-refractivity contribution in [1.82, 2.24) is 15.1 Å². The summed E-state index contributed by atoms with van der Waals surface area (Å²) in [5, 5.41) is 6.89. The monoisotopic (exact) mass is 431 g/mol. The molecule has 0 unspecified atom stereocenters. The molecule has 0 saturated heterocycles. The van der Waals surface area contributed by atoms with Gasteiger partial charge in [-0.1, -0.05) is 36.4 Å². The highest BCUT2D eigenvalue weighted by atomic mass is 19.4. The van der Waals surface area contributed by atoms with Gasteiger partial charge in [0.2, 0.25) is 0 Å². The lowest BCUT2D eigenvalue weighted by Gasteiger charge is -2.10. The van der Waals surface area contributed by atoms with Crippen LogP contribution in [0.2, 0.25) is 0 Å². The van der Waals surface area contributed by atoms with E-state index < -0.39 is 11.7 Å². The molecule has 164 valence electrons. The molecule has 0 aliphatic heterocycles. The zero-order valence-corrected chi connectivity index (χ0v) is 17.2. The first kappa shape index (κ1) is 22.6. The van der Waals surface area contributed by atoms with Crippen LogP contribution >= 0.6 is 0 Å². The molecule has 0 radical (unpaired) electrons. The van der Waals surface area contributed by atoms with E-state index in [1.807, 2.05) is 30.3 Å². The minimum atomic E-state index is -4.44. The van der Waals surface area contributed by atoms with E-state index in [-0.39, 0.29) is 11.6 Å². The number of rotatable bonds is 9. The Hall–Kier alpha value is -3.13. The zero-order valence-electron chi connectivity index (χ0n) is 17.2. The van der Waals surface area contributed by atoms with Crippen LogP contribution in [0.3, 0.4) is 0 Å². The highest BCUT2D eigenvalue weighted by Crippen LogP contribution is 2.30. The summed E-state index contributed by atoms with van der Waals surface area (Å²) in [7, 11) is 0. The number of amides is 1. The van der Waals surface area contributed by atoms with Gasteiger partial charge < -0.3 is 10.1 Å². The molecule has 1 heterocycles. The molecule has 0 spiro atoms. The average Bonchev–Trinajstić information content (AvgIpc) is 3.14. The number of carbonyl (C=O) groups excluding carboxylic acids is 1. The molecule has 0 atom stereocenters. The van der Waals surface area contributed by atoms with Crippen LogP contribution in [0, 0.1) is 6.92 Å². The maximum Gasteiger partial charge on any atom is 0.416 e. The molecule has 0 aliphatic rings. The van der Waals surface area contributed by atoms with Crippen LogP contribution in [0.1, 0.15) is 33.6 Å². The Labute approximate surface area is 178 Å². The fraction of sp³-hybridized carbons (Fsp3) is 0.304. The molecule has 1 aromatic heterocycles. The van der Waals surface area contributed by atoms with Crippen LogP contribution in [0.5, 0.6) is 0 Å². The number of aromatic nitrogens is 2. The molecular formula is C23H24F3N3O2. The molecule has 0 bridgehead atoms. The Balaban J connectivity index is 1.47. The highest BCUT2D eigenvalue weighted by molar-refractivity contribution is 5.95. The Morgan fingerprint density at radius 3 is 2.61 bits per heavy atom. The summed E-state index contributed by atoms with van der Waals surface area (Å²) in [6.07, 6.45) is -1.59. The molecule has 1 amide bonds. The molecule has 3 rings (SSSR count). The fourth-order valence-corrected chi connectivity index (χ4v) is 3.11. The topological polar surface area (TPSA) is 56.1 Å². The second-order valence-corrected chi connectivity index (χ2v) is 7.06. The summed E-state index contributed by atoms with van der Waals surface area (Å²) in [5.41, 5.74) is 1.48. The molecule has 5 nitrogen and oxygen atoms in total. The van der Waals surface area contributed by atoms with Crippen molar-refractivity contribution in [3.8, 4) is 5.69 Å². The summed E-state index contributed by atoms with van der Waals surface area (Å²) < 4.78 is 45.8. The van der Waals surface area contributed by atoms with Gasteiger partial charge in [-0.25, -0.2) is 4.68 Å². The lowest BCUT2D eigenvalue weighted by atomic mass is 10.2. The fourth-order valence-electron chi connectivity index (χ4n) is 3.11. The van der Waals surface area contributed by atoms with Crippen LogP contribution in [-0.4, -0.2) is 35.4 Å². The van der Waals surface area contributed by atoms with Gasteiger partial charge in [-0.05, 0) is 43.5 Å². The van der Waals surface area contributed by atoms with Gasteiger partial charge in [0, 0.05) is 13.2 Å². The zero-order chi connectivity index (χ0) is 22.3. The predicted octanol–water partition coefficient (Wildman–Crippen LogP) is 4.58. The minimum absolute atomic E-state index is 0.248. The molecule has 31 heavy (non-hydrogen) atoms. The van der Waals surface area contributed by atoms with E-state index >= 15 is 0 Å². The number of hydrogen-bond acceptors (Lipinski definition) is 3. The van der Waals surface area contributed by atoms with Crippen molar-refractivity contribution in [3.05, 3.63) is 83.2 Å². The first-order chi connectivity index (χ1) is 14.9. The van der Waals surface area contributed by atoms with Crippen LogP contribution in [-0.2, 0) is 17.3 Å². The second kappa shape index (κ2) is 10.3. The van der Waals surface area contributed by atoms with Crippen molar-refractivity contribution in [2.75, 3.05) is 19.8 Å². The van der Waals surface area contributed by atoms with Crippen molar-refractivity contribution in [2.45, 2.75) is 25.9 Å². The molecule has 2 aromatic carbocycles. The standard InChI is InChI=1S/C23H24F3N3O2/c1-17-21(16-28-29(17)20-10-5-9-19(15-20)23(24,25)26)22(30)27-12-6-13-31-14-11-18-7-3-2-4-8-18/h2-5,7-10,15-16H,6,11-14H2,1H3,(H,27,30). The number of hydrogen-bond donors (Lipinski definition) is 1. The van der Waals surface area contributed by atoms with Gasteiger partial charge in [-0.15, -0.1) is 0 Å². The third-order valence-electron chi connectivity index (χ3n) is 4.80. The smallest absolute Gasteiger partial charge is 0.381 e. The van der Waals surface area contributed by atoms with E-state index in [1.54, 1.807) is 6.92 Å². The van der Waals surface area contributed by atoms with Gasteiger partial charge in [0.15, 0.2) is 0 Å². The van der Waals surface area contributed by atoms with Gasteiger partial charge in [0.1, 0.15) is 0 Å². The van der Waals surface area contributed by atoms with Gasteiger partial charge in [-0.2, -0.15) is 18.3 Å². The summed E-state index contributed by atoms with van der Waals surface area (Å²) >= 11 is 0. The van der Waals surface area contributed by atoms with Crippen molar-refractivity contribution >= 4 is 5.91 Å². The van der Waals surface area contributed by atoms with Crippen LogP contribution in [0.25, 0.3) is 5.69 Å². The molecule has 0 fully saturated rings. The van der Waals surface area contributed by atoms with Crippen molar-refractivity contribution in [3.63, 3.8) is 0 Å². The van der Waals surface area contributed by atoms with Crippen LogP contribution in [0.4, 0.5) is 13.2 Å². The number of halogens is 3. The number of ether oxygens (including phenoxy) is 1. The summed E-state index contributed by atoms with van der Waals surface area (Å²) in [6.45, 7) is 3.21. The maximum absolute atomic E-state index is 13.0. The number of benzene rings is 2. The van der Waals surface area contributed by atoms with Crippen LogP contribution in [0.15, 0.2) is 60.8 Å². The van der Waals surface area contributed by atoms with Gasteiger partial charge >= 0.3 is 6.18 Å². The van der Waals surface area contributed by atoms with Crippen molar-refractivity contribution < 1.29 is 22.7 Å². The number of nitrogens with zero attached hydrogens (tertiary/aromatic N) is 2. The summed E-state index contributed by atoms with van der Waals surface area (Å²) in [5.74, 6) is -0.319.